The standard InChI is InChI=1S/C20H16O3/c21-17-19-9-13-5-1-2-6-14(13)10-20(19,18(22)23-17)12-16-8-4-3-7-15(16)11-19/h1-8H,9-12H2. The third-order valence-electron chi connectivity index (χ3n) is 6.09. The van der Waals surface area contributed by atoms with Crippen molar-refractivity contribution in [2.75, 3.05) is 0 Å². The molecule has 23 heavy (non-hydrogen) atoms. The molecule has 0 aromatic heterocycles. The van der Waals surface area contributed by atoms with E-state index in [9.17, 15) is 9.59 Å². The molecule has 2 aliphatic carbocycles. The Kier molecular flexibility index (Phi) is 2.33. The van der Waals surface area contributed by atoms with Gasteiger partial charge in [-0.1, -0.05) is 48.5 Å². The van der Waals surface area contributed by atoms with Gasteiger partial charge in [-0.2, -0.15) is 0 Å². The summed E-state index contributed by atoms with van der Waals surface area (Å²) in [4.78, 5) is 25.5. The summed E-state index contributed by atoms with van der Waals surface area (Å²) in [5, 5.41) is 0. The van der Waals surface area contributed by atoms with Crippen molar-refractivity contribution >= 4 is 11.9 Å². The average molecular weight is 304 g/mol. The fourth-order valence-electron chi connectivity index (χ4n) is 4.87. The van der Waals surface area contributed by atoms with Gasteiger partial charge in [0.25, 0.3) is 0 Å². The molecule has 5 rings (SSSR count). The van der Waals surface area contributed by atoms with Crippen LogP contribution in [-0.4, -0.2) is 11.9 Å². The minimum absolute atomic E-state index is 0.327. The number of rotatable bonds is 0. The van der Waals surface area contributed by atoms with Crippen LogP contribution in [0.5, 0.6) is 0 Å². The van der Waals surface area contributed by atoms with Crippen LogP contribution in [0.3, 0.4) is 0 Å². The maximum atomic E-state index is 12.7. The summed E-state index contributed by atoms with van der Waals surface area (Å²) < 4.78 is 5.22. The SMILES string of the molecule is O=C1OC(=O)C23Cc4ccccc4CC12Cc1ccccc1C3. The molecule has 0 unspecified atom stereocenters. The van der Waals surface area contributed by atoms with E-state index >= 15 is 0 Å². The highest BCUT2D eigenvalue weighted by molar-refractivity contribution is 6.03. The fraction of sp³-hybridized carbons (Fsp3) is 0.300. The van der Waals surface area contributed by atoms with Crippen LogP contribution in [0, 0.1) is 10.8 Å². The number of carbonyl (C=O) groups is 2. The minimum atomic E-state index is -0.729. The molecule has 0 radical (unpaired) electrons. The zero-order chi connectivity index (χ0) is 15.7. The summed E-state index contributed by atoms with van der Waals surface area (Å²) in [5.41, 5.74) is 3.24. The van der Waals surface area contributed by atoms with E-state index in [0.717, 1.165) is 0 Å². The Morgan fingerprint density at radius 1 is 0.609 bits per heavy atom. The van der Waals surface area contributed by atoms with Gasteiger partial charge in [-0.05, 0) is 47.9 Å². The summed E-state index contributed by atoms with van der Waals surface area (Å²) in [7, 11) is 0. The molecule has 3 aliphatic rings. The van der Waals surface area contributed by atoms with Crippen LogP contribution in [0.25, 0.3) is 0 Å². The van der Waals surface area contributed by atoms with E-state index in [2.05, 4.69) is 24.3 Å². The highest BCUT2D eigenvalue weighted by Gasteiger charge is 2.70. The summed E-state index contributed by atoms with van der Waals surface area (Å²) >= 11 is 0. The Morgan fingerprint density at radius 2 is 0.913 bits per heavy atom. The van der Waals surface area contributed by atoms with Crippen LogP contribution in [0.4, 0.5) is 0 Å². The lowest BCUT2D eigenvalue weighted by Crippen LogP contribution is -2.55. The summed E-state index contributed by atoms with van der Waals surface area (Å²) in [6, 6.07) is 16.3. The number of carbonyl (C=O) groups excluding carboxylic acids is 2. The Balaban J connectivity index is 1.78. The van der Waals surface area contributed by atoms with Crippen molar-refractivity contribution in [3.8, 4) is 0 Å². The number of hydrogen-bond donors (Lipinski definition) is 0. The van der Waals surface area contributed by atoms with E-state index in [4.69, 9.17) is 4.74 Å². The number of cyclic esters (lactones) is 2. The summed E-state index contributed by atoms with van der Waals surface area (Å²) in [6.45, 7) is 0. The van der Waals surface area contributed by atoms with Gasteiger partial charge < -0.3 is 4.74 Å². The first-order valence-electron chi connectivity index (χ1n) is 8.05. The predicted octanol–water partition coefficient (Wildman–Crippen LogP) is 2.64. The van der Waals surface area contributed by atoms with Crippen molar-refractivity contribution in [1.82, 2.24) is 0 Å². The van der Waals surface area contributed by atoms with E-state index in [1.807, 2.05) is 24.3 Å². The second-order valence-corrected chi connectivity index (χ2v) is 7.09. The average Bonchev–Trinajstić information content (AvgIpc) is 2.77. The molecule has 1 saturated heterocycles. The molecule has 3 heteroatoms. The molecule has 1 aliphatic heterocycles. The number of esters is 2. The summed E-state index contributed by atoms with van der Waals surface area (Å²) in [5.74, 6) is -0.655. The van der Waals surface area contributed by atoms with Gasteiger partial charge in [0.15, 0.2) is 0 Å². The number of ether oxygens (including phenoxy) is 1. The van der Waals surface area contributed by atoms with E-state index in [1.54, 1.807) is 0 Å². The van der Waals surface area contributed by atoms with Gasteiger partial charge in [-0.3, -0.25) is 9.59 Å². The largest absolute Gasteiger partial charge is 0.392 e. The van der Waals surface area contributed by atoms with Crippen molar-refractivity contribution in [1.29, 1.82) is 0 Å². The number of fused-ring (bicyclic) bond motifs is 2. The quantitative estimate of drug-likeness (QED) is 0.555. The summed E-state index contributed by atoms with van der Waals surface area (Å²) in [6.07, 6.45) is 2.40. The molecule has 114 valence electrons. The van der Waals surface area contributed by atoms with Crippen LogP contribution in [0.2, 0.25) is 0 Å². The molecule has 0 atom stereocenters. The van der Waals surface area contributed by atoms with Gasteiger partial charge in [0.1, 0.15) is 0 Å². The van der Waals surface area contributed by atoms with Crippen LogP contribution >= 0.6 is 0 Å². The Labute approximate surface area is 134 Å². The van der Waals surface area contributed by atoms with Crippen molar-refractivity contribution in [2.45, 2.75) is 25.7 Å². The van der Waals surface area contributed by atoms with Crippen molar-refractivity contribution in [2.24, 2.45) is 10.8 Å². The molecule has 0 amide bonds. The molecular formula is C20H16O3. The second kappa shape index (κ2) is 4.10. The zero-order valence-electron chi connectivity index (χ0n) is 12.7. The predicted molar refractivity (Wildman–Crippen MR) is 83.7 cm³/mol. The maximum absolute atomic E-state index is 12.7. The van der Waals surface area contributed by atoms with Gasteiger partial charge >= 0.3 is 11.9 Å². The van der Waals surface area contributed by atoms with Gasteiger partial charge in [0.2, 0.25) is 0 Å². The monoisotopic (exact) mass is 304 g/mol. The van der Waals surface area contributed by atoms with Crippen molar-refractivity contribution < 1.29 is 14.3 Å². The molecule has 0 bridgehead atoms. The van der Waals surface area contributed by atoms with E-state index < -0.39 is 10.8 Å². The third-order valence-corrected chi connectivity index (χ3v) is 6.09. The smallest absolute Gasteiger partial charge is 0.321 e. The maximum Gasteiger partial charge on any atom is 0.321 e. The van der Waals surface area contributed by atoms with Crippen LogP contribution in [-0.2, 0) is 40.0 Å². The second-order valence-electron chi connectivity index (χ2n) is 7.09. The van der Waals surface area contributed by atoms with E-state index in [-0.39, 0.29) is 11.9 Å². The van der Waals surface area contributed by atoms with Crippen LogP contribution in [0.15, 0.2) is 48.5 Å². The van der Waals surface area contributed by atoms with Crippen molar-refractivity contribution in [3.63, 3.8) is 0 Å². The molecular weight excluding hydrogens is 288 g/mol. The Bertz CT molecular complexity index is 743. The molecule has 3 nitrogen and oxygen atoms in total. The molecule has 0 saturated carbocycles. The Morgan fingerprint density at radius 3 is 1.22 bits per heavy atom. The highest BCUT2D eigenvalue weighted by Crippen LogP contribution is 2.60. The first kappa shape index (κ1) is 13.1. The lowest BCUT2D eigenvalue weighted by Gasteiger charge is -2.48. The zero-order valence-corrected chi connectivity index (χ0v) is 12.7. The topological polar surface area (TPSA) is 43.4 Å². The molecule has 0 spiro atoms. The van der Waals surface area contributed by atoms with Gasteiger partial charge in [-0.25, -0.2) is 0 Å². The molecule has 2 aromatic carbocycles. The first-order chi connectivity index (χ1) is 11.1. The minimum Gasteiger partial charge on any atom is -0.392 e. The van der Waals surface area contributed by atoms with Gasteiger partial charge in [0, 0.05) is 0 Å². The Hall–Kier alpha value is -2.42. The van der Waals surface area contributed by atoms with E-state index in [0.29, 0.717) is 25.7 Å². The normalized spacial score (nSPS) is 30.8. The van der Waals surface area contributed by atoms with Gasteiger partial charge in [0.05, 0.1) is 10.8 Å². The van der Waals surface area contributed by atoms with Crippen LogP contribution < -0.4 is 0 Å². The molecule has 1 fully saturated rings. The van der Waals surface area contributed by atoms with Crippen LogP contribution in [0.1, 0.15) is 22.3 Å². The lowest BCUT2D eigenvalue weighted by atomic mass is 9.49. The lowest BCUT2D eigenvalue weighted by molar-refractivity contribution is -0.155. The highest BCUT2D eigenvalue weighted by atomic mass is 16.6. The molecule has 0 N–H and O–H groups in total. The van der Waals surface area contributed by atoms with E-state index in [1.165, 1.54) is 22.3 Å². The third kappa shape index (κ3) is 1.45. The van der Waals surface area contributed by atoms with Crippen molar-refractivity contribution in [3.05, 3.63) is 70.8 Å². The first-order valence-corrected chi connectivity index (χ1v) is 8.05. The number of hydrogen-bond acceptors (Lipinski definition) is 3. The molecule has 1 heterocycles. The fourth-order valence-corrected chi connectivity index (χ4v) is 4.87. The number of benzene rings is 2. The van der Waals surface area contributed by atoms with Gasteiger partial charge in [-0.15, -0.1) is 0 Å². The molecule has 2 aromatic rings.